The van der Waals surface area contributed by atoms with Gasteiger partial charge >= 0.3 is 10.1 Å². The molecule has 7 heteroatoms. The Bertz CT molecular complexity index is 921. The van der Waals surface area contributed by atoms with Crippen LogP contribution in [0.1, 0.15) is 24.5 Å². The van der Waals surface area contributed by atoms with Gasteiger partial charge in [-0.05, 0) is 60.7 Å². The predicted octanol–water partition coefficient (Wildman–Crippen LogP) is 2.91. The number of anilines is 1. The molecule has 2 aromatic rings. The largest absolute Gasteiger partial charge is 0.495 e. The van der Waals surface area contributed by atoms with E-state index in [0.717, 1.165) is 24.8 Å². The Morgan fingerprint density at radius 3 is 2.56 bits per heavy atom. The molecule has 0 radical (unpaired) electrons. The molecule has 0 aliphatic heterocycles. The molecule has 3 rings (SSSR count). The van der Waals surface area contributed by atoms with Gasteiger partial charge in [-0.15, -0.1) is 0 Å². The van der Waals surface area contributed by atoms with E-state index in [2.05, 4.69) is 5.32 Å². The molecule has 132 valence electrons. The maximum atomic E-state index is 12.7. The first kappa shape index (κ1) is 17.3. The van der Waals surface area contributed by atoms with Crippen LogP contribution in [0, 0.1) is 0 Å². The Labute approximate surface area is 146 Å². The number of aryl methyl sites for hydroxylation is 2. The van der Waals surface area contributed by atoms with Crippen molar-refractivity contribution in [2.75, 3.05) is 12.4 Å². The van der Waals surface area contributed by atoms with Crippen molar-refractivity contribution in [2.24, 2.45) is 0 Å². The van der Waals surface area contributed by atoms with Gasteiger partial charge in [0.2, 0.25) is 5.91 Å². The second-order valence-electron chi connectivity index (χ2n) is 5.87. The highest BCUT2D eigenvalue weighted by Gasteiger charge is 2.23. The molecule has 0 saturated heterocycles. The van der Waals surface area contributed by atoms with Gasteiger partial charge < -0.3 is 14.2 Å². The van der Waals surface area contributed by atoms with Crippen LogP contribution >= 0.6 is 0 Å². The molecule has 0 spiro atoms. The van der Waals surface area contributed by atoms with E-state index in [4.69, 9.17) is 8.92 Å². The van der Waals surface area contributed by atoms with Gasteiger partial charge in [-0.1, -0.05) is 6.07 Å². The molecule has 0 unspecified atom stereocenters. The zero-order valence-electron chi connectivity index (χ0n) is 14.0. The minimum Gasteiger partial charge on any atom is -0.495 e. The molecule has 0 aromatic heterocycles. The van der Waals surface area contributed by atoms with Gasteiger partial charge in [-0.2, -0.15) is 8.42 Å². The van der Waals surface area contributed by atoms with Crippen LogP contribution < -0.4 is 14.2 Å². The van der Waals surface area contributed by atoms with Gasteiger partial charge in [0.05, 0.1) is 7.11 Å². The van der Waals surface area contributed by atoms with Gasteiger partial charge in [0.1, 0.15) is 16.4 Å². The summed E-state index contributed by atoms with van der Waals surface area (Å²) in [4.78, 5) is 11.1. The van der Waals surface area contributed by atoms with Crippen molar-refractivity contribution in [1.82, 2.24) is 0 Å². The number of fused-ring (bicyclic) bond motifs is 1. The molecular formula is C18H19NO5S. The quantitative estimate of drug-likeness (QED) is 0.828. The Kier molecular flexibility index (Phi) is 4.67. The average molecular weight is 361 g/mol. The normalized spacial score (nSPS) is 13.2. The molecule has 2 aromatic carbocycles. The lowest BCUT2D eigenvalue weighted by molar-refractivity contribution is -0.114. The van der Waals surface area contributed by atoms with Crippen LogP contribution in [-0.4, -0.2) is 21.4 Å². The molecule has 6 nitrogen and oxygen atoms in total. The number of carbonyl (C=O) groups is 1. The molecule has 0 fully saturated rings. The lowest BCUT2D eigenvalue weighted by Crippen LogP contribution is -2.13. The highest BCUT2D eigenvalue weighted by atomic mass is 32.2. The summed E-state index contributed by atoms with van der Waals surface area (Å²) in [5, 5.41) is 2.55. The number of rotatable bonds is 5. The number of amides is 1. The SMILES string of the molecule is COc1ccc(NC(C)=O)cc1S(=O)(=O)Oc1ccc2c(c1)CCC2. The Morgan fingerprint density at radius 2 is 1.84 bits per heavy atom. The molecule has 1 N–H and O–H groups in total. The maximum Gasteiger partial charge on any atom is 0.343 e. The van der Waals surface area contributed by atoms with Crippen LogP contribution in [0.5, 0.6) is 11.5 Å². The zero-order chi connectivity index (χ0) is 18.0. The van der Waals surface area contributed by atoms with Gasteiger partial charge in [-0.25, -0.2) is 0 Å². The van der Waals surface area contributed by atoms with E-state index >= 15 is 0 Å². The molecule has 0 saturated carbocycles. The van der Waals surface area contributed by atoms with E-state index in [-0.39, 0.29) is 22.3 Å². The molecule has 25 heavy (non-hydrogen) atoms. The van der Waals surface area contributed by atoms with E-state index in [9.17, 15) is 13.2 Å². The molecule has 0 heterocycles. The van der Waals surface area contributed by atoms with Crippen LogP contribution in [0.25, 0.3) is 0 Å². The summed E-state index contributed by atoms with van der Waals surface area (Å²) in [6, 6.07) is 9.69. The standard InChI is InChI=1S/C18H19NO5S/c1-12(20)19-15-7-9-17(23-2)18(11-15)25(21,22)24-16-8-6-13-4-3-5-14(13)10-16/h6-11H,3-5H2,1-2H3,(H,19,20). The van der Waals surface area contributed by atoms with E-state index in [1.165, 1.54) is 31.7 Å². The first-order valence-electron chi connectivity index (χ1n) is 7.91. The summed E-state index contributed by atoms with van der Waals surface area (Å²) in [5.74, 6) is 0.121. The van der Waals surface area contributed by atoms with Gasteiger partial charge in [0.15, 0.2) is 0 Å². The molecule has 1 amide bonds. The number of ether oxygens (including phenoxy) is 1. The summed E-state index contributed by atoms with van der Waals surface area (Å²) in [6.45, 7) is 1.35. The second-order valence-corrected chi connectivity index (χ2v) is 7.38. The first-order chi connectivity index (χ1) is 11.9. The third kappa shape index (κ3) is 3.76. The predicted molar refractivity (Wildman–Crippen MR) is 93.6 cm³/mol. The van der Waals surface area contributed by atoms with Crippen molar-refractivity contribution in [3.8, 4) is 11.5 Å². The number of methoxy groups -OCH3 is 1. The van der Waals surface area contributed by atoms with E-state index in [1.54, 1.807) is 18.2 Å². The van der Waals surface area contributed by atoms with Crippen molar-refractivity contribution >= 4 is 21.7 Å². The van der Waals surface area contributed by atoms with Crippen molar-refractivity contribution in [3.05, 3.63) is 47.5 Å². The van der Waals surface area contributed by atoms with E-state index in [1.807, 2.05) is 6.07 Å². The summed E-state index contributed by atoms with van der Waals surface area (Å²) in [7, 11) is -2.73. The lowest BCUT2D eigenvalue weighted by Gasteiger charge is -2.13. The molecular weight excluding hydrogens is 342 g/mol. The average Bonchev–Trinajstić information content (AvgIpc) is 3.01. The highest BCUT2D eigenvalue weighted by molar-refractivity contribution is 7.87. The Hall–Kier alpha value is -2.54. The number of benzene rings is 2. The van der Waals surface area contributed by atoms with Gasteiger partial charge in [-0.3, -0.25) is 4.79 Å². The monoisotopic (exact) mass is 361 g/mol. The van der Waals surface area contributed by atoms with Crippen LogP contribution in [0.2, 0.25) is 0 Å². The Morgan fingerprint density at radius 1 is 1.08 bits per heavy atom. The minimum atomic E-state index is -4.11. The second kappa shape index (κ2) is 6.76. The first-order valence-corrected chi connectivity index (χ1v) is 9.32. The number of carbonyl (C=O) groups excluding carboxylic acids is 1. The molecule has 1 aliphatic rings. The molecule has 1 aliphatic carbocycles. The fourth-order valence-electron chi connectivity index (χ4n) is 2.92. The minimum absolute atomic E-state index is 0.137. The topological polar surface area (TPSA) is 81.7 Å². The summed E-state index contributed by atoms with van der Waals surface area (Å²) >= 11 is 0. The van der Waals surface area contributed by atoms with Crippen molar-refractivity contribution in [3.63, 3.8) is 0 Å². The van der Waals surface area contributed by atoms with Crippen molar-refractivity contribution in [1.29, 1.82) is 0 Å². The third-order valence-electron chi connectivity index (χ3n) is 4.03. The van der Waals surface area contributed by atoms with Crippen molar-refractivity contribution < 1.29 is 22.1 Å². The summed E-state index contributed by atoms with van der Waals surface area (Å²) < 4.78 is 35.8. The fourth-order valence-corrected chi connectivity index (χ4v) is 4.04. The van der Waals surface area contributed by atoms with Crippen LogP contribution in [0.4, 0.5) is 5.69 Å². The van der Waals surface area contributed by atoms with Gasteiger partial charge in [0.25, 0.3) is 0 Å². The van der Waals surface area contributed by atoms with E-state index in [0.29, 0.717) is 5.69 Å². The van der Waals surface area contributed by atoms with Crippen LogP contribution in [0.15, 0.2) is 41.3 Å². The van der Waals surface area contributed by atoms with Crippen molar-refractivity contribution in [2.45, 2.75) is 31.1 Å². The molecule has 0 atom stereocenters. The van der Waals surface area contributed by atoms with Gasteiger partial charge in [0, 0.05) is 12.6 Å². The highest BCUT2D eigenvalue weighted by Crippen LogP contribution is 2.31. The molecule has 0 bridgehead atoms. The maximum absolute atomic E-state index is 12.7. The Balaban J connectivity index is 1.94. The number of hydrogen-bond donors (Lipinski definition) is 1. The zero-order valence-corrected chi connectivity index (χ0v) is 14.9. The van der Waals surface area contributed by atoms with Crippen LogP contribution in [-0.2, 0) is 27.8 Å². The van der Waals surface area contributed by atoms with Crippen LogP contribution in [0.3, 0.4) is 0 Å². The number of hydrogen-bond acceptors (Lipinski definition) is 5. The fraction of sp³-hybridized carbons (Fsp3) is 0.278. The third-order valence-corrected chi connectivity index (χ3v) is 5.30. The summed E-state index contributed by atoms with van der Waals surface area (Å²) in [5.41, 5.74) is 2.70. The lowest BCUT2D eigenvalue weighted by atomic mass is 10.1. The number of nitrogens with one attached hydrogen (secondary N) is 1. The summed E-state index contributed by atoms with van der Waals surface area (Å²) in [6.07, 6.45) is 3.00. The smallest absolute Gasteiger partial charge is 0.343 e. The van der Waals surface area contributed by atoms with E-state index < -0.39 is 10.1 Å².